The highest BCUT2D eigenvalue weighted by Crippen LogP contribution is 2.30. The number of ether oxygens (including phenoxy) is 5. The third kappa shape index (κ3) is 3.13. The molecule has 2 heterocycles. The van der Waals surface area contributed by atoms with Gasteiger partial charge in [-0.1, -0.05) is 0 Å². The second-order valence-corrected chi connectivity index (χ2v) is 4.56. The fraction of sp³-hybridized carbons (Fsp3) is 0.333. The van der Waals surface area contributed by atoms with Crippen molar-refractivity contribution in [1.29, 1.82) is 0 Å². The first-order valence-electron chi connectivity index (χ1n) is 6.78. The summed E-state index contributed by atoms with van der Waals surface area (Å²) in [6, 6.07) is 4.83. The Labute approximate surface area is 126 Å². The van der Waals surface area contributed by atoms with Crippen molar-refractivity contribution in [2.45, 2.75) is 0 Å². The van der Waals surface area contributed by atoms with Crippen molar-refractivity contribution in [2.24, 2.45) is 0 Å². The summed E-state index contributed by atoms with van der Waals surface area (Å²) in [5.41, 5.74) is 0.381. The van der Waals surface area contributed by atoms with Gasteiger partial charge in [-0.2, -0.15) is 0 Å². The number of ketones is 1. The molecule has 0 radical (unpaired) electrons. The number of esters is 1. The van der Waals surface area contributed by atoms with Crippen molar-refractivity contribution in [3.63, 3.8) is 0 Å². The molecule has 0 unspecified atom stereocenters. The molecule has 22 heavy (non-hydrogen) atoms. The lowest BCUT2D eigenvalue weighted by Gasteiger charge is -2.18. The average Bonchev–Trinajstić information content (AvgIpc) is 2.59. The molecule has 1 aromatic carbocycles. The molecule has 0 fully saturated rings. The fourth-order valence-corrected chi connectivity index (χ4v) is 1.98. The normalized spacial score (nSPS) is 15.9. The van der Waals surface area contributed by atoms with E-state index >= 15 is 0 Å². The summed E-state index contributed by atoms with van der Waals surface area (Å²) in [5.74, 6) is -0.0117. The highest BCUT2D eigenvalue weighted by atomic mass is 16.6. The van der Waals surface area contributed by atoms with Crippen LogP contribution in [0.25, 0.3) is 0 Å². The van der Waals surface area contributed by atoms with Gasteiger partial charge in [-0.05, 0) is 18.2 Å². The van der Waals surface area contributed by atoms with Gasteiger partial charge in [-0.25, -0.2) is 4.79 Å². The van der Waals surface area contributed by atoms with Crippen LogP contribution in [-0.4, -0.2) is 44.8 Å². The van der Waals surface area contributed by atoms with Crippen LogP contribution in [0, 0.1) is 0 Å². The second kappa shape index (κ2) is 6.38. The van der Waals surface area contributed by atoms with Gasteiger partial charge in [0, 0.05) is 5.56 Å². The number of carbonyl (C=O) groups excluding carboxylic acids is 2. The molecule has 0 saturated carbocycles. The summed E-state index contributed by atoms with van der Waals surface area (Å²) in [6.45, 7) is 1.18. The van der Waals surface area contributed by atoms with Crippen LogP contribution >= 0.6 is 0 Å². The van der Waals surface area contributed by atoms with Crippen LogP contribution in [0.1, 0.15) is 10.4 Å². The summed E-state index contributed by atoms with van der Waals surface area (Å²) >= 11 is 0. The minimum atomic E-state index is -0.731. The maximum atomic E-state index is 12.1. The smallest absolute Gasteiger partial charge is 0.377 e. The number of benzene rings is 1. The summed E-state index contributed by atoms with van der Waals surface area (Å²) in [7, 11) is 0. The number of hydrogen-bond donors (Lipinski definition) is 0. The van der Waals surface area contributed by atoms with Crippen molar-refractivity contribution in [3.05, 3.63) is 35.8 Å². The SMILES string of the molecule is O=C(OCC(=O)c1ccc2c(c1)OCCO2)C1=COCCO1. The number of hydrogen-bond acceptors (Lipinski definition) is 7. The van der Waals surface area contributed by atoms with E-state index in [0.717, 1.165) is 0 Å². The molecule has 0 bridgehead atoms. The average molecular weight is 306 g/mol. The molecule has 0 amide bonds. The Balaban J connectivity index is 1.60. The van der Waals surface area contributed by atoms with Crippen LogP contribution in [0.15, 0.2) is 30.2 Å². The molecular weight excluding hydrogens is 292 g/mol. The van der Waals surface area contributed by atoms with E-state index in [1.807, 2.05) is 0 Å². The van der Waals surface area contributed by atoms with Gasteiger partial charge in [-0.15, -0.1) is 0 Å². The van der Waals surface area contributed by atoms with Crippen LogP contribution in [0.3, 0.4) is 0 Å². The molecule has 1 aromatic rings. The van der Waals surface area contributed by atoms with Gasteiger partial charge in [0.15, 0.2) is 23.9 Å². The zero-order chi connectivity index (χ0) is 15.4. The summed E-state index contributed by atoms with van der Waals surface area (Å²) in [6.07, 6.45) is 1.18. The first-order chi connectivity index (χ1) is 10.7. The van der Waals surface area contributed by atoms with Crippen molar-refractivity contribution in [3.8, 4) is 11.5 Å². The van der Waals surface area contributed by atoms with Gasteiger partial charge < -0.3 is 23.7 Å². The number of Topliss-reactive ketones (excluding diaryl/α,β-unsaturated/α-hetero) is 1. The highest BCUT2D eigenvalue weighted by Gasteiger charge is 2.20. The van der Waals surface area contributed by atoms with E-state index in [1.165, 1.54) is 6.26 Å². The third-order valence-electron chi connectivity index (χ3n) is 3.05. The van der Waals surface area contributed by atoms with Crippen molar-refractivity contribution in [1.82, 2.24) is 0 Å². The quantitative estimate of drug-likeness (QED) is 0.608. The van der Waals surface area contributed by atoms with Crippen LogP contribution < -0.4 is 9.47 Å². The molecule has 0 spiro atoms. The van der Waals surface area contributed by atoms with Gasteiger partial charge in [0.25, 0.3) is 0 Å². The molecule has 0 saturated heterocycles. The maximum absolute atomic E-state index is 12.1. The predicted molar refractivity (Wildman–Crippen MR) is 72.7 cm³/mol. The molecular formula is C15H14O7. The zero-order valence-electron chi connectivity index (χ0n) is 11.7. The first-order valence-corrected chi connectivity index (χ1v) is 6.78. The van der Waals surface area contributed by atoms with E-state index in [9.17, 15) is 9.59 Å². The van der Waals surface area contributed by atoms with E-state index in [4.69, 9.17) is 23.7 Å². The maximum Gasteiger partial charge on any atom is 0.377 e. The molecule has 7 heteroatoms. The minimum Gasteiger partial charge on any atom is -0.493 e. The topological polar surface area (TPSA) is 80.3 Å². The number of carbonyl (C=O) groups is 2. The Bertz CT molecular complexity index is 620. The largest absolute Gasteiger partial charge is 0.493 e. The van der Waals surface area contributed by atoms with E-state index in [0.29, 0.717) is 36.9 Å². The molecule has 0 N–H and O–H groups in total. The zero-order valence-corrected chi connectivity index (χ0v) is 11.7. The van der Waals surface area contributed by atoms with Crippen molar-refractivity contribution < 1.29 is 33.3 Å². The van der Waals surface area contributed by atoms with Gasteiger partial charge in [0.05, 0.1) is 0 Å². The van der Waals surface area contributed by atoms with Crippen LogP contribution in [0.5, 0.6) is 11.5 Å². The van der Waals surface area contributed by atoms with E-state index < -0.39 is 5.97 Å². The number of fused-ring (bicyclic) bond motifs is 1. The Morgan fingerprint density at radius 1 is 1.00 bits per heavy atom. The van der Waals surface area contributed by atoms with Gasteiger partial charge in [-0.3, -0.25) is 4.79 Å². The Hall–Kier alpha value is -2.70. The standard InChI is InChI=1S/C15H14O7/c16-11(8-22-15(17)14-9-18-3-4-21-14)10-1-2-12-13(7-10)20-6-5-19-12/h1-2,7,9H,3-6,8H2. The predicted octanol–water partition coefficient (Wildman–Crippen LogP) is 1.07. The molecule has 7 nitrogen and oxygen atoms in total. The van der Waals surface area contributed by atoms with Crippen LogP contribution in [-0.2, 0) is 19.0 Å². The van der Waals surface area contributed by atoms with Gasteiger partial charge in [0.1, 0.15) is 32.7 Å². The molecule has 0 aliphatic carbocycles. The lowest BCUT2D eigenvalue weighted by molar-refractivity contribution is -0.143. The van der Waals surface area contributed by atoms with E-state index in [2.05, 4.69) is 0 Å². The number of rotatable bonds is 4. The highest BCUT2D eigenvalue weighted by molar-refractivity contribution is 5.99. The van der Waals surface area contributed by atoms with E-state index in [1.54, 1.807) is 18.2 Å². The third-order valence-corrected chi connectivity index (χ3v) is 3.05. The van der Waals surface area contributed by atoms with Crippen molar-refractivity contribution in [2.75, 3.05) is 33.0 Å². The van der Waals surface area contributed by atoms with Crippen LogP contribution in [0.2, 0.25) is 0 Å². The molecule has 2 aliphatic heterocycles. The molecule has 116 valence electrons. The lowest BCUT2D eigenvalue weighted by atomic mass is 10.1. The van der Waals surface area contributed by atoms with E-state index in [-0.39, 0.29) is 24.8 Å². The summed E-state index contributed by atoms with van der Waals surface area (Å²) in [4.78, 5) is 23.7. The molecule has 0 aromatic heterocycles. The summed E-state index contributed by atoms with van der Waals surface area (Å²) in [5, 5.41) is 0. The Morgan fingerprint density at radius 3 is 2.55 bits per heavy atom. The fourth-order valence-electron chi connectivity index (χ4n) is 1.98. The van der Waals surface area contributed by atoms with Crippen molar-refractivity contribution >= 4 is 11.8 Å². The first kappa shape index (κ1) is 14.2. The molecule has 2 aliphatic rings. The molecule has 0 atom stereocenters. The lowest BCUT2D eigenvalue weighted by Crippen LogP contribution is -2.20. The summed E-state index contributed by atoms with van der Waals surface area (Å²) < 4.78 is 25.7. The monoisotopic (exact) mass is 306 g/mol. The Morgan fingerprint density at radius 2 is 1.77 bits per heavy atom. The van der Waals surface area contributed by atoms with Gasteiger partial charge in [0.2, 0.25) is 5.76 Å². The van der Waals surface area contributed by atoms with Crippen LogP contribution in [0.4, 0.5) is 0 Å². The molecule has 3 rings (SSSR count). The van der Waals surface area contributed by atoms with Gasteiger partial charge >= 0.3 is 5.97 Å². The second-order valence-electron chi connectivity index (χ2n) is 4.56. The Kier molecular flexibility index (Phi) is 4.13. The minimum absolute atomic E-state index is 0.0405.